The molecule has 0 aromatic carbocycles. The van der Waals surface area contributed by atoms with Gasteiger partial charge in [-0.15, -0.1) is 0 Å². The molecule has 0 aromatic heterocycles. The van der Waals surface area contributed by atoms with E-state index in [0.29, 0.717) is 25.0 Å². The lowest BCUT2D eigenvalue weighted by molar-refractivity contribution is -0.123. The van der Waals surface area contributed by atoms with Gasteiger partial charge in [0.1, 0.15) is 0 Å². The van der Waals surface area contributed by atoms with Crippen LogP contribution in [-0.2, 0) is 14.6 Å². The second kappa shape index (κ2) is 7.51. The molecule has 0 aromatic rings. The molecule has 23 heavy (non-hydrogen) atoms. The summed E-state index contributed by atoms with van der Waals surface area (Å²) >= 11 is 0. The monoisotopic (exact) mass is 344 g/mol. The summed E-state index contributed by atoms with van der Waals surface area (Å²) in [5.41, 5.74) is 0.345. The highest BCUT2D eigenvalue weighted by Crippen LogP contribution is 2.36. The fraction of sp³-hybridized carbons (Fsp3) is 0.941. The lowest BCUT2D eigenvalue weighted by Gasteiger charge is -2.30. The van der Waals surface area contributed by atoms with E-state index in [4.69, 9.17) is 0 Å². The third-order valence-corrected chi connectivity index (χ3v) is 6.97. The van der Waals surface area contributed by atoms with Gasteiger partial charge in [-0.2, -0.15) is 0 Å². The number of hydrogen-bond acceptors (Lipinski definition) is 4. The molecule has 2 atom stereocenters. The van der Waals surface area contributed by atoms with Gasteiger partial charge >= 0.3 is 0 Å². The van der Waals surface area contributed by atoms with Crippen LogP contribution in [0.25, 0.3) is 0 Å². The van der Waals surface area contributed by atoms with Crippen molar-refractivity contribution in [1.29, 1.82) is 0 Å². The third-order valence-electron chi connectivity index (χ3n) is 5.36. The van der Waals surface area contributed by atoms with Crippen molar-refractivity contribution in [3.05, 3.63) is 0 Å². The molecular weight excluding hydrogens is 312 g/mol. The highest BCUT2D eigenvalue weighted by molar-refractivity contribution is 7.91. The maximum atomic E-state index is 12.2. The summed E-state index contributed by atoms with van der Waals surface area (Å²) in [4.78, 5) is 14.2. The first-order valence-electron chi connectivity index (χ1n) is 8.88. The summed E-state index contributed by atoms with van der Waals surface area (Å²) in [5.74, 6) is 1.13. The fourth-order valence-corrected chi connectivity index (χ4v) is 4.97. The maximum Gasteiger partial charge on any atom is 0.234 e. The summed E-state index contributed by atoms with van der Waals surface area (Å²) in [6.45, 7) is 8.21. The molecule has 1 aliphatic carbocycles. The van der Waals surface area contributed by atoms with E-state index in [1.165, 1.54) is 19.3 Å². The molecule has 0 radical (unpaired) electrons. The van der Waals surface area contributed by atoms with E-state index in [-0.39, 0.29) is 23.5 Å². The predicted octanol–water partition coefficient (Wildman–Crippen LogP) is 1.83. The smallest absolute Gasteiger partial charge is 0.234 e. The van der Waals surface area contributed by atoms with E-state index in [9.17, 15) is 13.2 Å². The van der Waals surface area contributed by atoms with Gasteiger partial charge in [0.2, 0.25) is 5.91 Å². The first kappa shape index (κ1) is 18.7. The summed E-state index contributed by atoms with van der Waals surface area (Å²) < 4.78 is 22.8. The number of nitrogens with one attached hydrogen (secondary N) is 1. The Morgan fingerprint density at radius 3 is 2.35 bits per heavy atom. The van der Waals surface area contributed by atoms with Crippen molar-refractivity contribution < 1.29 is 13.2 Å². The van der Waals surface area contributed by atoms with Crippen molar-refractivity contribution in [3.63, 3.8) is 0 Å². The minimum atomic E-state index is -2.88. The van der Waals surface area contributed by atoms with Gasteiger partial charge < -0.3 is 5.32 Å². The normalized spacial score (nSPS) is 29.7. The van der Waals surface area contributed by atoms with Gasteiger partial charge in [-0.05, 0) is 37.0 Å². The standard InChI is InChI=1S/C17H32N2O3S/c1-17(2,3)14-5-4-6-15(8-7-14)18-16(20)13-19-9-11-23(21,22)12-10-19/h14-15H,4-13H2,1-3H3,(H,18,20)/t14-,15-/m0/s1. The minimum Gasteiger partial charge on any atom is -0.352 e. The van der Waals surface area contributed by atoms with Crippen LogP contribution < -0.4 is 5.32 Å². The molecule has 0 spiro atoms. The molecule has 2 rings (SSSR count). The van der Waals surface area contributed by atoms with Gasteiger partial charge in [0.15, 0.2) is 9.84 Å². The molecule has 0 unspecified atom stereocenters. The summed E-state index contributed by atoms with van der Waals surface area (Å²) in [6, 6.07) is 0.281. The summed E-state index contributed by atoms with van der Waals surface area (Å²) in [5, 5.41) is 3.17. The Morgan fingerprint density at radius 2 is 1.74 bits per heavy atom. The molecule has 1 aliphatic heterocycles. The number of nitrogens with zero attached hydrogens (tertiary/aromatic N) is 1. The third kappa shape index (κ3) is 6.07. The second-order valence-corrected chi connectivity index (χ2v) is 10.6. The van der Waals surface area contributed by atoms with Crippen molar-refractivity contribution in [1.82, 2.24) is 10.2 Å². The van der Waals surface area contributed by atoms with Crippen LogP contribution in [-0.4, -0.2) is 56.4 Å². The van der Waals surface area contributed by atoms with E-state index < -0.39 is 9.84 Å². The van der Waals surface area contributed by atoms with Gasteiger partial charge in [-0.1, -0.05) is 27.2 Å². The average molecular weight is 345 g/mol. The van der Waals surface area contributed by atoms with Gasteiger partial charge in [-0.25, -0.2) is 8.42 Å². The summed E-state index contributed by atoms with van der Waals surface area (Å²) in [7, 11) is -2.88. The van der Waals surface area contributed by atoms with Crippen molar-refractivity contribution in [2.24, 2.45) is 11.3 Å². The molecule has 1 N–H and O–H groups in total. The van der Waals surface area contributed by atoms with Crippen LogP contribution in [0.15, 0.2) is 0 Å². The molecule has 1 saturated carbocycles. The van der Waals surface area contributed by atoms with E-state index in [2.05, 4.69) is 26.1 Å². The average Bonchev–Trinajstić information content (AvgIpc) is 2.66. The molecular formula is C17H32N2O3S. The Morgan fingerprint density at radius 1 is 1.09 bits per heavy atom. The van der Waals surface area contributed by atoms with Crippen LogP contribution in [0.4, 0.5) is 0 Å². The number of carbonyl (C=O) groups is 1. The topological polar surface area (TPSA) is 66.5 Å². The van der Waals surface area contributed by atoms with Crippen LogP contribution in [0, 0.1) is 11.3 Å². The lowest BCUT2D eigenvalue weighted by atomic mass is 9.76. The second-order valence-electron chi connectivity index (χ2n) is 8.26. The number of carbonyl (C=O) groups excluding carboxylic acids is 1. The maximum absolute atomic E-state index is 12.2. The van der Waals surface area contributed by atoms with Gasteiger partial charge in [0.05, 0.1) is 18.1 Å². The molecule has 0 bridgehead atoms. The van der Waals surface area contributed by atoms with Crippen molar-refractivity contribution >= 4 is 15.7 Å². The van der Waals surface area contributed by atoms with Gasteiger partial charge in [0.25, 0.3) is 0 Å². The number of rotatable bonds is 3. The molecule has 6 heteroatoms. The van der Waals surface area contributed by atoms with Crippen molar-refractivity contribution in [2.45, 2.75) is 58.9 Å². The fourth-order valence-electron chi connectivity index (χ4n) is 3.70. The van der Waals surface area contributed by atoms with Crippen LogP contribution in [0.5, 0.6) is 0 Å². The molecule has 134 valence electrons. The Bertz CT molecular complexity index is 496. The van der Waals surface area contributed by atoms with E-state index in [1.54, 1.807) is 0 Å². The lowest BCUT2D eigenvalue weighted by Crippen LogP contribution is -2.47. The number of amides is 1. The Balaban J connectivity index is 1.75. The Kier molecular flexibility index (Phi) is 6.11. The van der Waals surface area contributed by atoms with Crippen LogP contribution in [0.1, 0.15) is 52.9 Å². The van der Waals surface area contributed by atoms with Gasteiger partial charge in [0, 0.05) is 19.1 Å². The largest absolute Gasteiger partial charge is 0.352 e. The van der Waals surface area contributed by atoms with Crippen LogP contribution >= 0.6 is 0 Å². The van der Waals surface area contributed by atoms with E-state index in [0.717, 1.165) is 18.8 Å². The molecule has 1 saturated heterocycles. The highest BCUT2D eigenvalue weighted by atomic mass is 32.2. The van der Waals surface area contributed by atoms with E-state index >= 15 is 0 Å². The molecule has 1 amide bonds. The zero-order chi connectivity index (χ0) is 17.1. The van der Waals surface area contributed by atoms with Gasteiger partial charge in [-0.3, -0.25) is 9.69 Å². The Hall–Kier alpha value is -0.620. The first-order chi connectivity index (χ1) is 10.7. The van der Waals surface area contributed by atoms with E-state index in [1.807, 2.05) is 4.90 Å². The van der Waals surface area contributed by atoms with Crippen LogP contribution in [0.2, 0.25) is 0 Å². The van der Waals surface area contributed by atoms with Crippen molar-refractivity contribution in [3.8, 4) is 0 Å². The molecule has 2 fully saturated rings. The molecule has 2 aliphatic rings. The molecule has 5 nitrogen and oxygen atoms in total. The zero-order valence-corrected chi connectivity index (χ0v) is 15.6. The predicted molar refractivity (Wildman–Crippen MR) is 93.1 cm³/mol. The molecule has 1 heterocycles. The SMILES string of the molecule is CC(C)(C)[C@H]1CCC[C@H](NC(=O)CN2CCS(=O)(=O)CC2)CC1. The number of sulfone groups is 1. The van der Waals surface area contributed by atoms with Crippen LogP contribution in [0.3, 0.4) is 0 Å². The highest BCUT2D eigenvalue weighted by Gasteiger charge is 2.29. The quantitative estimate of drug-likeness (QED) is 0.793. The zero-order valence-electron chi connectivity index (χ0n) is 14.8. The number of hydrogen-bond donors (Lipinski definition) is 1. The Labute approximate surface area is 141 Å². The first-order valence-corrected chi connectivity index (χ1v) is 10.7. The van der Waals surface area contributed by atoms with Crippen molar-refractivity contribution in [2.75, 3.05) is 31.1 Å². The minimum absolute atomic E-state index is 0.0449. The summed E-state index contributed by atoms with van der Waals surface area (Å²) in [6.07, 6.45) is 5.72.